The van der Waals surface area contributed by atoms with Crippen LogP contribution < -0.4 is 10.6 Å². The van der Waals surface area contributed by atoms with Gasteiger partial charge in [-0.2, -0.15) is 0 Å². The van der Waals surface area contributed by atoms with E-state index in [-0.39, 0.29) is 24.7 Å². The van der Waals surface area contributed by atoms with Gasteiger partial charge in [0.05, 0.1) is 18.7 Å². The summed E-state index contributed by atoms with van der Waals surface area (Å²) in [6.45, 7) is 4.14. The minimum absolute atomic E-state index is 0.0210. The minimum Gasteiger partial charge on any atom is -0.394 e. The minimum atomic E-state index is -0.189. The number of benzene rings is 1. The van der Waals surface area contributed by atoms with Gasteiger partial charge in [-0.3, -0.25) is 0 Å². The first-order valence-corrected chi connectivity index (χ1v) is 7.35. The van der Waals surface area contributed by atoms with Gasteiger partial charge in [0.1, 0.15) is 0 Å². The Morgan fingerprint density at radius 2 is 2.15 bits per heavy atom. The molecule has 0 heterocycles. The standard InChI is InChI=1S/C16H24N2O2/c1-11(2)9-13(10-19)17-16(20)18-15-8-7-12-5-3-4-6-14(12)15/h3-6,11,13,15,19H,7-10H2,1-2H3,(H2,17,18,20). The molecule has 0 bridgehead atoms. The maximum Gasteiger partial charge on any atom is 0.315 e. The summed E-state index contributed by atoms with van der Waals surface area (Å²) >= 11 is 0. The zero-order valence-corrected chi connectivity index (χ0v) is 12.2. The van der Waals surface area contributed by atoms with Crippen molar-refractivity contribution in [3.8, 4) is 0 Å². The van der Waals surface area contributed by atoms with Crippen molar-refractivity contribution in [3.05, 3.63) is 35.4 Å². The van der Waals surface area contributed by atoms with Crippen LogP contribution in [0.4, 0.5) is 4.79 Å². The van der Waals surface area contributed by atoms with Crippen LogP contribution >= 0.6 is 0 Å². The highest BCUT2D eigenvalue weighted by Gasteiger charge is 2.24. The summed E-state index contributed by atoms with van der Waals surface area (Å²) in [5.41, 5.74) is 2.53. The Morgan fingerprint density at radius 1 is 1.40 bits per heavy atom. The van der Waals surface area contributed by atoms with Crippen LogP contribution in [0.15, 0.2) is 24.3 Å². The monoisotopic (exact) mass is 276 g/mol. The van der Waals surface area contributed by atoms with Crippen molar-refractivity contribution in [3.63, 3.8) is 0 Å². The first kappa shape index (κ1) is 14.9. The molecular formula is C16H24N2O2. The zero-order valence-electron chi connectivity index (χ0n) is 12.2. The predicted molar refractivity (Wildman–Crippen MR) is 79.5 cm³/mol. The van der Waals surface area contributed by atoms with Crippen LogP contribution in [0.2, 0.25) is 0 Å². The third-order valence-corrected chi connectivity index (χ3v) is 3.75. The van der Waals surface area contributed by atoms with Crippen molar-refractivity contribution >= 4 is 6.03 Å². The number of hydrogen-bond acceptors (Lipinski definition) is 2. The Labute approximate surface area is 120 Å². The van der Waals surface area contributed by atoms with E-state index >= 15 is 0 Å². The van der Waals surface area contributed by atoms with Crippen LogP contribution in [0.25, 0.3) is 0 Å². The summed E-state index contributed by atoms with van der Waals surface area (Å²) in [6, 6.07) is 7.95. The predicted octanol–water partition coefficient (Wildman–Crippen LogP) is 2.38. The van der Waals surface area contributed by atoms with Crippen LogP contribution in [-0.4, -0.2) is 23.8 Å². The molecular weight excluding hydrogens is 252 g/mol. The quantitative estimate of drug-likeness (QED) is 0.773. The summed E-state index contributed by atoms with van der Waals surface area (Å²) in [5.74, 6) is 0.444. The highest BCUT2D eigenvalue weighted by molar-refractivity contribution is 5.75. The molecule has 0 saturated heterocycles. The summed E-state index contributed by atoms with van der Waals surface area (Å²) in [6.07, 6.45) is 2.74. The largest absolute Gasteiger partial charge is 0.394 e. The Balaban J connectivity index is 1.89. The molecule has 2 unspecified atom stereocenters. The molecule has 4 nitrogen and oxygen atoms in total. The van der Waals surface area contributed by atoms with Gasteiger partial charge in [0.2, 0.25) is 0 Å². The molecule has 0 spiro atoms. The molecule has 4 heteroatoms. The van der Waals surface area contributed by atoms with E-state index in [9.17, 15) is 9.90 Å². The zero-order chi connectivity index (χ0) is 14.5. The Kier molecular flexibility index (Phi) is 5.01. The number of aryl methyl sites for hydroxylation is 1. The van der Waals surface area contributed by atoms with Crippen LogP contribution in [0.3, 0.4) is 0 Å². The van der Waals surface area contributed by atoms with Crippen molar-refractivity contribution < 1.29 is 9.90 Å². The lowest BCUT2D eigenvalue weighted by molar-refractivity contribution is 0.204. The number of hydrogen-bond donors (Lipinski definition) is 3. The second-order valence-corrected chi connectivity index (χ2v) is 5.92. The SMILES string of the molecule is CC(C)CC(CO)NC(=O)NC1CCc2ccccc21. The smallest absolute Gasteiger partial charge is 0.315 e. The van der Waals surface area contributed by atoms with Gasteiger partial charge >= 0.3 is 6.03 Å². The fourth-order valence-electron chi connectivity index (χ4n) is 2.84. The average Bonchev–Trinajstić information content (AvgIpc) is 2.81. The number of amides is 2. The maximum absolute atomic E-state index is 12.0. The maximum atomic E-state index is 12.0. The fourth-order valence-corrected chi connectivity index (χ4v) is 2.84. The molecule has 0 aliphatic heterocycles. The lowest BCUT2D eigenvalue weighted by atomic mass is 10.0. The van der Waals surface area contributed by atoms with Crippen LogP contribution in [0, 0.1) is 5.92 Å². The van der Waals surface area contributed by atoms with Crippen molar-refractivity contribution in [2.24, 2.45) is 5.92 Å². The number of fused-ring (bicyclic) bond motifs is 1. The Bertz CT molecular complexity index is 460. The third kappa shape index (κ3) is 3.73. The lowest BCUT2D eigenvalue weighted by Gasteiger charge is -2.21. The highest BCUT2D eigenvalue weighted by Crippen LogP contribution is 2.30. The summed E-state index contributed by atoms with van der Waals surface area (Å²) in [5, 5.41) is 15.2. The van der Waals surface area contributed by atoms with Gasteiger partial charge in [0.15, 0.2) is 0 Å². The number of rotatable bonds is 5. The van der Waals surface area contributed by atoms with E-state index in [0.29, 0.717) is 5.92 Å². The number of aliphatic hydroxyl groups excluding tert-OH is 1. The van der Waals surface area contributed by atoms with Crippen molar-refractivity contribution in [1.29, 1.82) is 0 Å². The number of aliphatic hydroxyl groups is 1. The van der Waals surface area contributed by atoms with E-state index in [1.165, 1.54) is 11.1 Å². The molecule has 1 aromatic carbocycles. The van der Waals surface area contributed by atoms with Gasteiger partial charge in [-0.05, 0) is 36.3 Å². The Hall–Kier alpha value is -1.55. The van der Waals surface area contributed by atoms with Crippen molar-refractivity contribution in [2.75, 3.05) is 6.61 Å². The van der Waals surface area contributed by atoms with Gasteiger partial charge < -0.3 is 15.7 Å². The van der Waals surface area contributed by atoms with Crippen LogP contribution in [0.1, 0.15) is 43.9 Å². The van der Waals surface area contributed by atoms with Crippen LogP contribution in [0.5, 0.6) is 0 Å². The number of carbonyl (C=O) groups excluding carboxylic acids is 1. The molecule has 2 atom stereocenters. The van der Waals surface area contributed by atoms with Crippen molar-refractivity contribution in [1.82, 2.24) is 10.6 Å². The van der Waals surface area contributed by atoms with Crippen LogP contribution in [-0.2, 0) is 6.42 Å². The fraction of sp³-hybridized carbons (Fsp3) is 0.562. The topological polar surface area (TPSA) is 61.4 Å². The number of carbonyl (C=O) groups is 1. The first-order valence-electron chi connectivity index (χ1n) is 7.35. The van der Waals surface area contributed by atoms with Gasteiger partial charge in [-0.15, -0.1) is 0 Å². The van der Waals surface area contributed by atoms with E-state index in [1.807, 2.05) is 12.1 Å². The normalized spacial score (nSPS) is 18.7. The Morgan fingerprint density at radius 3 is 2.85 bits per heavy atom. The average molecular weight is 276 g/mol. The second-order valence-electron chi connectivity index (χ2n) is 5.92. The molecule has 1 aliphatic rings. The number of nitrogens with one attached hydrogen (secondary N) is 2. The molecule has 3 N–H and O–H groups in total. The molecule has 0 radical (unpaired) electrons. The summed E-state index contributed by atoms with van der Waals surface area (Å²) in [4.78, 5) is 12.0. The van der Waals surface area contributed by atoms with Crippen molar-refractivity contribution in [2.45, 2.75) is 45.2 Å². The van der Waals surface area contributed by atoms with Gasteiger partial charge in [-0.1, -0.05) is 38.1 Å². The van der Waals surface area contributed by atoms with E-state index < -0.39 is 0 Å². The molecule has 20 heavy (non-hydrogen) atoms. The molecule has 0 aromatic heterocycles. The van der Waals surface area contributed by atoms with E-state index in [4.69, 9.17) is 0 Å². The molecule has 110 valence electrons. The molecule has 2 rings (SSSR count). The summed E-state index contributed by atoms with van der Waals surface area (Å²) in [7, 11) is 0. The molecule has 0 fully saturated rings. The summed E-state index contributed by atoms with van der Waals surface area (Å²) < 4.78 is 0. The first-order chi connectivity index (χ1) is 9.60. The molecule has 2 amide bonds. The highest BCUT2D eigenvalue weighted by atomic mass is 16.3. The molecule has 0 saturated carbocycles. The van der Waals surface area contributed by atoms with E-state index in [2.05, 4.69) is 36.6 Å². The van der Waals surface area contributed by atoms with Gasteiger partial charge in [0.25, 0.3) is 0 Å². The third-order valence-electron chi connectivity index (χ3n) is 3.75. The van der Waals surface area contributed by atoms with E-state index in [0.717, 1.165) is 19.3 Å². The van der Waals surface area contributed by atoms with E-state index in [1.54, 1.807) is 0 Å². The van der Waals surface area contributed by atoms with Gasteiger partial charge in [0, 0.05) is 0 Å². The molecule has 1 aliphatic carbocycles. The molecule has 1 aromatic rings. The lowest BCUT2D eigenvalue weighted by Crippen LogP contribution is -2.45. The second kappa shape index (κ2) is 6.75. The number of urea groups is 1. The van der Waals surface area contributed by atoms with Gasteiger partial charge in [-0.25, -0.2) is 4.79 Å².